The Morgan fingerprint density at radius 2 is 1.75 bits per heavy atom. The van der Waals surface area contributed by atoms with Crippen molar-refractivity contribution in [2.24, 2.45) is 0 Å². The summed E-state index contributed by atoms with van der Waals surface area (Å²) in [6, 6.07) is 11.3. The van der Waals surface area contributed by atoms with Gasteiger partial charge in [0.25, 0.3) is 17.7 Å². The molecule has 1 aliphatic carbocycles. The molecule has 2 atom stereocenters. The van der Waals surface area contributed by atoms with Crippen LogP contribution in [0.4, 0.5) is 27.4 Å². The number of nitrogens with zero attached hydrogens (tertiary/aromatic N) is 4. The van der Waals surface area contributed by atoms with Crippen molar-refractivity contribution in [3.05, 3.63) is 77.7 Å². The third-order valence-electron chi connectivity index (χ3n) is 10.1. The summed E-state index contributed by atoms with van der Waals surface area (Å²) in [6.07, 6.45) is 5.44. The lowest BCUT2D eigenvalue weighted by Gasteiger charge is -2.29. The van der Waals surface area contributed by atoms with Gasteiger partial charge in [0.2, 0.25) is 11.8 Å². The number of aromatic nitrogens is 3. The maximum absolute atomic E-state index is 15.4. The van der Waals surface area contributed by atoms with E-state index in [4.69, 9.17) is 14.2 Å². The number of fused-ring (bicyclic) bond motifs is 2. The highest BCUT2D eigenvalue weighted by atomic mass is 19.1. The molecule has 1 saturated heterocycles. The third-order valence-corrected chi connectivity index (χ3v) is 10.1. The molecule has 5 amide bonds. The van der Waals surface area contributed by atoms with Gasteiger partial charge in [-0.05, 0) is 63.4 Å². The molecule has 4 aromatic rings. The molecule has 2 fully saturated rings. The summed E-state index contributed by atoms with van der Waals surface area (Å²) in [4.78, 5) is 77.5. The number of alkyl halides is 1. The van der Waals surface area contributed by atoms with Crippen LogP contribution in [0.15, 0.2) is 61.1 Å². The monoisotopic (exact) mass is 811 g/mol. The molecule has 5 N–H and O–H groups in total. The number of nitrogens with one attached hydrogen (secondary N) is 5. The van der Waals surface area contributed by atoms with Crippen LogP contribution in [-0.4, -0.2) is 119 Å². The Bertz CT molecular complexity index is 2240. The van der Waals surface area contributed by atoms with E-state index in [9.17, 15) is 24.0 Å². The average molecular weight is 812 g/mol. The van der Waals surface area contributed by atoms with Crippen LogP contribution in [0.25, 0.3) is 10.9 Å². The molecule has 3 aliphatic rings. The lowest BCUT2D eigenvalue weighted by Crippen LogP contribution is -2.54. The molecule has 1 aromatic carbocycles. The molecule has 3 aromatic heterocycles. The maximum atomic E-state index is 15.4. The van der Waals surface area contributed by atoms with Crippen molar-refractivity contribution in [2.45, 2.75) is 63.4 Å². The number of amides is 5. The molecule has 7 rings (SSSR count). The van der Waals surface area contributed by atoms with Crippen LogP contribution in [0.5, 0.6) is 0 Å². The molecule has 17 nitrogen and oxygen atoms in total. The summed E-state index contributed by atoms with van der Waals surface area (Å²) < 4.78 is 32.4. The normalized spacial score (nSPS) is 17.1. The fraction of sp³-hybridized carbons (Fsp3) is 0.415. The number of anilines is 4. The molecule has 5 heterocycles. The van der Waals surface area contributed by atoms with E-state index in [-0.39, 0.29) is 69.6 Å². The number of hydrogen-bond donors (Lipinski definition) is 5. The summed E-state index contributed by atoms with van der Waals surface area (Å²) in [5.41, 5.74) is 1.24. The van der Waals surface area contributed by atoms with E-state index < -0.39 is 47.4 Å². The largest absolute Gasteiger partial charge is 0.382 e. The summed E-state index contributed by atoms with van der Waals surface area (Å²) in [5.74, 6) is -1.65. The molecule has 18 heteroatoms. The Hall–Kier alpha value is -6.11. The number of ether oxygens (including phenoxy) is 3. The number of carbonyl (C=O) groups excluding carboxylic acids is 5. The quantitative estimate of drug-likeness (QED) is 0.0635. The zero-order valence-corrected chi connectivity index (χ0v) is 32.7. The SMILES string of the molecule is CC(C)(OCCOCCOCCNc1cccc2c1C(=O)N(C1CCC(=O)NC1=O)C2=O)C(F)CNC(=O)c1cnc(Nc2ccc3cnccc3n2)cc1NC1CC1. The highest BCUT2D eigenvalue weighted by molar-refractivity contribution is 6.25. The van der Waals surface area contributed by atoms with Crippen LogP contribution in [0.1, 0.15) is 70.6 Å². The number of piperidine rings is 1. The second-order valence-corrected chi connectivity index (χ2v) is 14.9. The highest BCUT2D eigenvalue weighted by Crippen LogP contribution is 2.33. The van der Waals surface area contributed by atoms with Crippen molar-refractivity contribution in [2.75, 3.05) is 62.1 Å². The van der Waals surface area contributed by atoms with Crippen molar-refractivity contribution < 1.29 is 42.6 Å². The van der Waals surface area contributed by atoms with Crippen LogP contribution in [0, 0.1) is 0 Å². The van der Waals surface area contributed by atoms with E-state index in [2.05, 4.69) is 41.5 Å². The summed E-state index contributed by atoms with van der Waals surface area (Å²) in [5, 5.41) is 15.5. The first-order chi connectivity index (χ1) is 28.5. The molecular formula is C41H46FN9O8. The van der Waals surface area contributed by atoms with Crippen molar-refractivity contribution in [1.29, 1.82) is 0 Å². The van der Waals surface area contributed by atoms with E-state index in [1.54, 1.807) is 44.4 Å². The third kappa shape index (κ3) is 9.96. The van der Waals surface area contributed by atoms with Gasteiger partial charge in [0.15, 0.2) is 0 Å². The molecule has 2 aliphatic heterocycles. The number of halogens is 1. The first kappa shape index (κ1) is 41.1. The van der Waals surface area contributed by atoms with Gasteiger partial charge in [-0.25, -0.2) is 14.4 Å². The maximum Gasteiger partial charge on any atom is 0.264 e. The lowest BCUT2D eigenvalue weighted by atomic mass is 10.0. The van der Waals surface area contributed by atoms with E-state index in [1.807, 2.05) is 18.2 Å². The zero-order valence-electron chi connectivity index (χ0n) is 32.7. The van der Waals surface area contributed by atoms with Gasteiger partial charge in [0.1, 0.15) is 23.8 Å². The number of carbonyl (C=O) groups is 5. The van der Waals surface area contributed by atoms with Crippen LogP contribution >= 0.6 is 0 Å². The van der Waals surface area contributed by atoms with Crippen LogP contribution in [0.3, 0.4) is 0 Å². The molecule has 310 valence electrons. The summed E-state index contributed by atoms with van der Waals surface area (Å²) in [6.45, 7) is 4.34. The number of imide groups is 2. The van der Waals surface area contributed by atoms with E-state index in [0.29, 0.717) is 35.1 Å². The van der Waals surface area contributed by atoms with Gasteiger partial charge in [0.05, 0.1) is 73.1 Å². The highest BCUT2D eigenvalue weighted by Gasteiger charge is 2.45. The minimum Gasteiger partial charge on any atom is -0.382 e. The topological polar surface area (TPSA) is 215 Å². The van der Waals surface area contributed by atoms with Gasteiger partial charge in [-0.15, -0.1) is 0 Å². The van der Waals surface area contributed by atoms with Crippen molar-refractivity contribution in [3.8, 4) is 0 Å². The second-order valence-electron chi connectivity index (χ2n) is 14.9. The lowest BCUT2D eigenvalue weighted by molar-refractivity contribution is -0.136. The van der Waals surface area contributed by atoms with Gasteiger partial charge in [-0.1, -0.05) is 6.07 Å². The van der Waals surface area contributed by atoms with Crippen LogP contribution in [0.2, 0.25) is 0 Å². The van der Waals surface area contributed by atoms with E-state index in [0.717, 1.165) is 28.6 Å². The summed E-state index contributed by atoms with van der Waals surface area (Å²) >= 11 is 0. The fourth-order valence-corrected chi connectivity index (χ4v) is 6.66. The Kier molecular flexibility index (Phi) is 12.7. The van der Waals surface area contributed by atoms with Gasteiger partial charge >= 0.3 is 0 Å². The minimum absolute atomic E-state index is 0.0415. The summed E-state index contributed by atoms with van der Waals surface area (Å²) in [7, 11) is 0. The molecular weight excluding hydrogens is 766 g/mol. The Labute approximate surface area is 339 Å². The number of rotatable bonds is 20. The minimum atomic E-state index is -1.52. The van der Waals surface area contributed by atoms with Crippen molar-refractivity contribution in [3.63, 3.8) is 0 Å². The molecule has 59 heavy (non-hydrogen) atoms. The Balaban J connectivity index is 0.792. The van der Waals surface area contributed by atoms with Crippen molar-refractivity contribution in [1.82, 2.24) is 30.5 Å². The van der Waals surface area contributed by atoms with Gasteiger partial charge < -0.3 is 35.5 Å². The molecule has 0 bridgehead atoms. The predicted octanol–water partition coefficient (Wildman–Crippen LogP) is 3.75. The van der Waals surface area contributed by atoms with Gasteiger partial charge in [-0.2, -0.15) is 0 Å². The molecule has 1 saturated carbocycles. The molecule has 0 radical (unpaired) electrons. The first-order valence-electron chi connectivity index (χ1n) is 19.5. The molecule has 0 spiro atoms. The smallest absolute Gasteiger partial charge is 0.264 e. The van der Waals surface area contributed by atoms with Crippen LogP contribution < -0.4 is 26.6 Å². The average Bonchev–Trinajstić information content (AvgIpc) is 4.00. The Morgan fingerprint density at radius 1 is 0.949 bits per heavy atom. The van der Waals surface area contributed by atoms with Crippen LogP contribution in [-0.2, 0) is 23.8 Å². The zero-order chi connectivity index (χ0) is 41.5. The standard InChI is InChI=1S/C41H46FN9O8/c1-41(2,32(42)23-46-37(53)27-22-45-34(20-30(27)47-25-7-8-25)49-33-10-6-24-21-43-13-12-28(24)48-33)59-19-18-58-17-16-57-15-14-44-29-5-3-4-26-36(29)40(56)51(39(26)55)31-9-11-35(52)50-38(31)54/h3-6,10,12-13,20-22,25,31-32,44H,7-9,11,14-19,23H2,1-2H3,(H,46,53)(H,50,52,54)(H2,45,47,48,49). The number of hydrogen-bond acceptors (Lipinski definition) is 14. The predicted molar refractivity (Wildman–Crippen MR) is 214 cm³/mol. The second kappa shape index (κ2) is 18.2. The number of benzene rings is 1. The number of pyridine rings is 3. The van der Waals surface area contributed by atoms with E-state index >= 15 is 4.39 Å². The molecule has 2 unspecified atom stereocenters. The Morgan fingerprint density at radius 3 is 2.54 bits per heavy atom. The van der Waals surface area contributed by atoms with Gasteiger partial charge in [0, 0.05) is 54.7 Å². The van der Waals surface area contributed by atoms with Gasteiger partial charge in [-0.3, -0.25) is 39.2 Å². The van der Waals surface area contributed by atoms with E-state index in [1.165, 1.54) is 12.3 Å². The van der Waals surface area contributed by atoms with Crippen molar-refractivity contribution >= 4 is 63.4 Å². The first-order valence-corrected chi connectivity index (χ1v) is 19.5. The fourth-order valence-electron chi connectivity index (χ4n) is 6.66.